The Labute approximate surface area is 121 Å². The molecule has 4 aliphatic carbocycles. The molecule has 0 atom stereocenters. The summed E-state index contributed by atoms with van der Waals surface area (Å²) in [5, 5.41) is 11.3. The van der Waals surface area contributed by atoms with Gasteiger partial charge >= 0.3 is 0 Å². The van der Waals surface area contributed by atoms with Crippen LogP contribution in [0.4, 0.5) is 0 Å². The van der Waals surface area contributed by atoms with Crippen molar-refractivity contribution < 1.29 is 9.84 Å². The Kier molecular flexibility index (Phi) is 2.85. The molecule has 108 valence electrons. The predicted molar refractivity (Wildman–Crippen MR) is 78.7 cm³/mol. The van der Waals surface area contributed by atoms with Crippen molar-refractivity contribution in [2.24, 2.45) is 23.7 Å². The van der Waals surface area contributed by atoms with Crippen LogP contribution in [0.1, 0.15) is 37.7 Å². The summed E-state index contributed by atoms with van der Waals surface area (Å²) in [4.78, 5) is 0. The molecule has 4 fully saturated rings. The summed E-state index contributed by atoms with van der Waals surface area (Å²) in [7, 11) is 1.69. The lowest BCUT2D eigenvalue weighted by Gasteiger charge is -2.59. The van der Waals surface area contributed by atoms with Crippen molar-refractivity contribution >= 4 is 0 Å². The van der Waals surface area contributed by atoms with Crippen molar-refractivity contribution in [2.75, 3.05) is 7.11 Å². The van der Waals surface area contributed by atoms with Gasteiger partial charge in [-0.05, 0) is 73.5 Å². The first kappa shape index (κ1) is 12.7. The minimum atomic E-state index is -0.442. The quantitative estimate of drug-likeness (QED) is 0.913. The maximum Gasteiger partial charge on any atom is 0.118 e. The van der Waals surface area contributed by atoms with Crippen LogP contribution < -0.4 is 4.74 Å². The molecule has 1 aromatic carbocycles. The minimum Gasteiger partial charge on any atom is -0.497 e. The van der Waals surface area contributed by atoms with Crippen molar-refractivity contribution in [3.63, 3.8) is 0 Å². The van der Waals surface area contributed by atoms with Crippen molar-refractivity contribution in [2.45, 2.75) is 44.1 Å². The molecular formula is C18H24O2. The highest BCUT2D eigenvalue weighted by Gasteiger charge is 2.56. The highest BCUT2D eigenvalue weighted by atomic mass is 16.5. The van der Waals surface area contributed by atoms with Gasteiger partial charge in [0.05, 0.1) is 12.7 Å². The van der Waals surface area contributed by atoms with Crippen molar-refractivity contribution in [3.05, 3.63) is 29.8 Å². The largest absolute Gasteiger partial charge is 0.497 e. The highest BCUT2D eigenvalue weighted by molar-refractivity contribution is 5.29. The van der Waals surface area contributed by atoms with Gasteiger partial charge in [0.1, 0.15) is 5.75 Å². The Balaban J connectivity index is 1.57. The van der Waals surface area contributed by atoms with Crippen molar-refractivity contribution in [3.8, 4) is 5.75 Å². The van der Waals surface area contributed by atoms with Gasteiger partial charge in [0.15, 0.2) is 0 Å². The molecule has 2 heteroatoms. The van der Waals surface area contributed by atoms with Crippen molar-refractivity contribution in [1.29, 1.82) is 0 Å². The Bertz CT molecular complexity index is 463. The molecule has 1 aromatic rings. The smallest absolute Gasteiger partial charge is 0.118 e. The molecule has 0 heterocycles. The summed E-state index contributed by atoms with van der Waals surface area (Å²) in [6.45, 7) is 0. The van der Waals surface area contributed by atoms with E-state index in [1.165, 1.54) is 37.7 Å². The Morgan fingerprint density at radius 1 is 1.00 bits per heavy atom. The molecule has 0 saturated heterocycles. The summed E-state index contributed by atoms with van der Waals surface area (Å²) >= 11 is 0. The maximum absolute atomic E-state index is 11.3. The van der Waals surface area contributed by atoms with E-state index >= 15 is 0 Å². The molecular weight excluding hydrogens is 248 g/mol. The van der Waals surface area contributed by atoms with Gasteiger partial charge in [-0.3, -0.25) is 0 Å². The van der Waals surface area contributed by atoms with Crippen LogP contribution in [-0.2, 0) is 6.42 Å². The third-order valence-corrected chi connectivity index (χ3v) is 6.20. The monoisotopic (exact) mass is 272 g/mol. The van der Waals surface area contributed by atoms with Gasteiger partial charge in [-0.1, -0.05) is 12.1 Å². The van der Waals surface area contributed by atoms with Gasteiger partial charge in [0, 0.05) is 6.42 Å². The second-order valence-corrected chi connectivity index (χ2v) is 7.32. The van der Waals surface area contributed by atoms with E-state index in [4.69, 9.17) is 4.74 Å². The number of methoxy groups -OCH3 is 1. The first-order chi connectivity index (χ1) is 9.67. The molecule has 1 N–H and O–H groups in total. The summed E-state index contributed by atoms with van der Waals surface area (Å²) in [5.74, 6) is 3.80. The van der Waals surface area contributed by atoms with Crippen molar-refractivity contribution in [1.82, 2.24) is 0 Å². The lowest BCUT2D eigenvalue weighted by atomic mass is 9.49. The van der Waals surface area contributed by atoms with Crippen LogP contribution >= 0.6 is 0 Å². The lowest BCUT2D eigenvalue weighted by molar-refractivity contribution is -0.171. The molecule has 4 aliphatic rings. The van der Waals surface area contributed by atoms with Gasteiger partial charge in [-0.15, -0.1) is 0 Å². The Morgan fingerprint density at radius 2 is 1.55 bits per heavy atom. The summed E-state index contributed by atoms with van der Waals surface area (Å²) in [5.41, 5.74) is 0.808. The fraction of sp³-hybridized carbons (Fsp3) is 0.667. The maximum atomic E-state index is 11.3. The van der Waals surface area contributed by atoms with E-state index in [0.717, 1.165) is 24.0 Å². The molecule has 0 spiro atoms. The summed E-state index contributed by atoms with van der Waals surface area (Å²) in [6, 6.07) is 8.24. The summed E-state index contributed by atoms with van der Waals surface area (Å²) in [6.07, 6.45) is 7.32. The molecule has 0 unspecified atom stereocenters. The first-order valence-electron chi connectivity index (χ1n) is 8.02. The van der Waals surface area contributed by atoms with Gasteiger partial charge < -0.3 is 9.84 Å². The van der Waals surface area contributed by atoms with E-state index in [9.17, 15) is 5.11 Å². The second-order valence-electron chi connectivity index (χ2n) is 7.32. The average molecular weight is 272 g/mol. The van der Waals surface area contributed by atoms with E-state index in [0.29, 0.717) is 11.8 Å². The number of ether oxygens (including phenoxy) is 1. The zero-order chi connectivity index (χ0) is 13.7. The molecule has 0 aromatic heterocycles. The first-order valence-corrected chi connectivity index (χ1v) is 8.02. The van der Waals surface area contributed by atoms with E-state index < -0.39 is 5.60 Å². The fourth-order valence-corrected chi connectivity index (χ4v) is 5.36. The molecule has 5 rings (SSSR count). The summed E-state index contributed by atoms with van der Waals surface area (Å²) < 4.78 is 5.22. The third kappa shape index (κ3) is 1.88. The SMILES string of the molecule is COc1ccc(CC2(O)C3CC4CC(C3)CC2C4)cc1. The van der Waals surface area contributed by atoms with E-state index in [1.54, 1.807) is 7.11 Å². The molecule has 0 aliphatic heterocycles. The Morgan fingerprint density at radius 3 is 2.05 bits per heavy atom. The predicted octanol–water partition coefficient (Wildman–Crippen LogP) is 3.42. The highest BCUT2D eigenvalue weighted by Crippen LogP contribution is 2.59. The topological polar surface area (TPSA) is 29.5 Å². The van der Waals surface area contributed by atoms with E-state index in [2.05, 4.69) is 12.1 Å². The molecule has 0 amide bonds. The number of benzene rings is 1. The minimum absolute atomic E-state index is 0.442. The van der Waals surface area contributed by atoms with E-state index in [-0.39, 0.29) is 0 Å². The molecule has 0 radical (unpaired) electrons. The van der Waals surface area contributed by atoms with Crippen LogP contribution in [0.5, 0.6) is 5.75 Å². The number of rotatable bonds is 3. The second kappa shape index (κ2) is 4.49. The number of hydrogen-bond acceptors (Lipinski definition) is 2. The number of aliphatic hydroxyl groups is 1. The van der Waals surface area contributed by atoms with Gasteiger partial charge in [-0.25, -0.2) is 0 Å². The fourth-order valence-electron chi connectivity index (χ4n) is 5.36. The van der Waals surface area contributed by atoms with Crippen LogP contribution in [0.15, 0.2) is 24.3 Å². The van der Waals surface area contributed by atoms with Crippen LogP contribution in [0, 0.1) is 23.7 Å². The molecule has 20 heavy (non-hydrogen) atoms. The van der Waals surface area contributed by atoms with Crippen LogP contribution in [0.2, 0.25) is 0 Å². The Hall–Kier alpha value is -1.02. The molecule has 4 bridgehead atoms. The molecule has 2 nitrogen and oxygen atoms in total. The zero-order valence-electron chi connectivity index (χ0n) is 12.2. The van der Waals surface area contributed by atoms with E-state index in [1.807, 2.05) is 12.1 Å². The van der Waals surface area contributed by atoms with Gasteiger partial charge in [0.25, 0.3) is 0 Å². The number of hydrogen-bond donors (Lipinski definition) is 1. The van der Waals surface area contributed by atoms with Crippen LogP contribution in [0.25, 0.3) is 0 Å². The third-order valence-electron chi connectivity index (χ3n) is 6.20. The van der Waals surface area contributed by atoms with Gasteiger partial charge in [-0.2, -0.15) is 0 Å². The normalized spacial score (nSPS) is 41.9. The zero-order valence-corrected chi connectivity index (χ0v) is 12.2. The standard InChI is InChI=1S/C18H24O2/c1-20-17-4-2-12(3-5-17)11-18(19)15-7-13-6-14(9-15)10-16(18)8-13/h2-5,13-16,19H,6-11H2,1H3. The van der Waals surface area contributed by atoms with Gasteiger partial charge in [0.2, 0.25) is 0 Å². The lowest BCUT2D eigenvalue weighted by Crippen LogP contribution is -2.58. The van der Waals surface area contributed by atoms with Crippen LogP contribution in [-0.4, -0.2) is 17.8 Å². The van der Waals surface area contributed by atoms with Crippen LogP contribution in [0.3, 0.4) is 0 Å². The average Bonchev–Trinajstić information content (AvgIpc) is 2.45. The molecule has 4 saturated carbocycles.